The van der Waals surface area contributed by atoms with Crippen LogP contribution in [0.3, 0.4) is 0 Å². The minimum absolute atomic E-state index is 0.0597. The summed E-state index contributed by atoms with van der Waals surface area (Å²) in [5, 5.41) is 19.0. The lowest BCUT2D eigenvalue weighted by Gasteiger charge is -2.21. The summed E-state index contributed by atoms with van der Waals surface area (Å²) in [6, 6.07) is 0. The summed E-state index contributed by atoms with van der Waals surface area (Å²) in [6.07, 6.45) is 1.93. The van der Waals surface area contributed by atoms with Gasteiger partial charge in [0, 0.05) is 23.8 Å². The van der Waals surface area contributed by atoms with E-state index in [1.807, 2.05) is 6.08 Å². The number of allylic oxidation sites excluding steroid dienone is 1. The van der Waals surface area contributed by atoms with Gasteiger partial charge in [-0.1, -0.05) is 6.08 Å². The summed E-state index contributed by atoms with van der Waals surface area (Å²) < 4.78 is 11.2. The van der Waals surface area contributed by atoms with Crippen LogP contribution in [0.2, 0.25) is 0 Å². The number of amides is 1. The second-order valence-electron chi connectivity index (χ2n) is 5.80. The van der Waals surface area contributed by atoms with Crippen molar-refractivity contribution < 1.29 is 24.5 Å². The smallest absolute Gasteiger partial charge is 0.275 e. The first kappa shape index (κ1) is 13.7. The number of nitrogens with zero attached hydrogens (tertiary/aromatic N) is 1. The Morgan fingerprint density at radius 3 is 3.00 bits per heavy atom. The van der Waals surface area contributed by atoms with E-state index in [-0.39, 0.29) is 17.7 Å². The van der Waals surface area contributed by atoms with Gasteiger partial charge in [-0.05, 0) is 26.7 Å². The molecule has 0 radical (unpaired) electrons. The Morgan fingerprint density at radius 2 is 2.30 bits per heavy atom. The van der Waals surface area contributed by atoms with Gasteiger partial charge >= 0.3 is 0 Å². The van der Waals surface area contributed by atoms with E-state index in [2.05, 4.69) is 4.99 Å². The van der Waals surface area contributed by atoms with Crippen molar-refractivity contribution in [1.29, 1.82) is 0 Å². The molecule has 0 bridgehead atoms. The van der Waals surface area contributed by atoms with Crippen molar-refractivity contribution in [2.45, 2.75) is 51.3 Å². The fourth-order valence-electron chi connectivity index (χ4n) is 2.89. The number of fused-ring (bicyclic) bond motifs is 3. The molecular weight excluding hydrogens is 262 g/mol. The van der Waals surface area contributed by atoms with Crippen molar-refractivity contribution in [1.82, 2.24) is 0 Å². The van der Waals surface area contributed by atoms with Crippen LogP contribution in [0.15, 0.2) is 16.6 Å². The average molecular weight is 281 g/mol. The average Bonchev–Trinajstić information content (AvgIpc) is 2.98. The highest BCUT2D eigenvalue weighted by Crippen LogP contribution is 2.60. The van der Waals surface area contributed by atoms with Gasteiger partial charge in [-0.2, -0.15) is 4.99 Å². The molecule has 2 fully saturated rings. The molecule has 5 unspecified atom stereocenters. The first-order chi connectivity index (χ1) is 9.43. The number of aliphatic imine (C=N–C) groups is 1. The second kappa shape index (κ2) is 4.65. The van der Waals surface area contributed by atoms with Crippen LogP contribution < -0.4 is 0 Å². The molecular formula is C14H19NO5. The van der Waals surface area contributed by atoms with E-state index in [1.54, 1.807) is 6.92 Å². The molecule has 5 atom stereocenters. The molecule has 0 aromatic rings. The van der Waals surface area contributed by atoms with Crippen molar-refractivity contribution in [3.8, 4) is 0 Å². The molecule has 6 heteroatoms. The van der Waals surface area contributed by atoms with Crippen molar-refractivity contribution >= 4 is 11.8 Å². The number of aliphatic hydroxyl groups excluding tert-OH is 2. The molecule has 1 amide bonds. The van der Waals surface area contributed by atoms with Crippen LogP contribution >= 0.6 is 0 Å². The highest BCUT2D eigenvalue weighted by molar-refractivity contribution is 6.02. The summed E-state index contributed by atoms with van der Waals surface area (Å²) >= 11 is 0. The predicted molar refractivity (Wildman–Crippen MR) is 69.6 cm³/mol. The second-order valence-corrected chi connectivity index (χ2v) is 5.80. The minimum Gasteiger partial charge on any atom is -0.448 e. The molecule has 110 valence electrons. The van der Waals surface area contributed by atoms with Gasteiger partial charge in [0.2, 0.25) is 5.79 Å². The van der Waals surface area contributed by atoms with E-state index in [1.165, 1.54) is 6.92 Å². The van der Waals surface area contributed by atoms with Crippen LogP contribution in [0, 0.1) is 11.8 Å². The van der Waals surface area contributed by atoms with Gasteiger partial charge in [0.15, 0.2) is 12.2 Å². The Bertz CT molecular complexity index is 498. The molecule has 6 nitrogen and oxygen atoms in total. The van der Waals surface area contributed by atoms with Crippen molar-refractivity contribution in [3.05, 3.63) is 11.6 Å². The Labute approximate surface area is 117 Å². The summed E-state index contributed by atoms with van der Waals surface area (Å²) in [5.41, 5.74) is 0.624. The Balaban J connectivity index is 1.77. The van der Waals surface area contributed by atoms with E-state index >= 15 is 0 Å². The summed E-state index contributed by atoms with van der Waals surface area (Å²) in [6.45, 7) is 3.19. The summed E-state index contributed by atoms with van der Waals surface area (Å²) in [4.78, 5) is 15.8. The van der Waals surface area contributed by atoms with Gasteiger partial charge < -0.3 is 19.7 Å². The highest BCUT2D eigenvalue weighted by atomic mass is 16.8. The lowest BCUT2D eigenvalue weighted by atomic mass is 9.96. The number of carbonyl (C=O) groups excluding carboxylic acids is 1. The van der Waals surface area contributed by atoms with E-state index < -0.39 is 18.2 Å². The molecule has 2 heterocycles. The Morgan fingerprint density at radius 1 is 1.55 bits per heavy atom. The maximum atomic E-state index is 11.8. The molecule has 1 aliphatic carbocycles. The van der Waals surface area contributed by atoms with Gasteiger partial charge in [-0.25, -0.2) is 0 Å². The topological polar surface area (TPSA) is 88.4 Å². The fourth-order valence-corrected chi connectivity index (χ4v) is 2.89. The van der Waals surface area contributed by atoms with Crippen molar-refractivity contribution in [3.63, 3.8) is 0 Å². The molecule has 1 saturated heterocycles. The van der Waals surface area contributed by atoms with Crippen LogP contribution in [-0.4, -0.2) is 40.2 Å². The summed E-state index contributed by atoms with van der Waals surface area (Å²) in [5.74, 6) is -0.606. The highest BCUT2D eigenvalue weighted by Gasteiger charge is 2.70. The number of aliphatic hydroxyl groups is 2. The standard InChI is InChI=1S/C14H19NO5/c1-7-4-3-5-9-10-6-14(10,20-13(18)8(2)16)19-12(9)15-11(7)17/h4,8-10,13,16,18H,3,5-6H2,1-2H3. The van der Waals surface area contributed by atoms with Gasteiger partial charge in [-0.15, -0.1) is 0 Å². The SMILES string of the molecule is CC1=CCCC2C(=NC1=O)OC1(OC(O)C(C)O)CC21. The van der Waals surface area contributed by atoms with Gasteiger partial charge in [0.1, 0.15) is 6.10 Å². The zero-order valence-electron chi connectivity index (χ0n) is 11.6. The van der Waals surface area contributed by atoms with Crippen LogP contribution in [-0.2, 0) is 14.3 Å². The minimum atomic E-state index is -1.29. The third-order valence-electron chi connectivity index (χ3n) is 4.20. The Kier molecular flexibility index (Phi) is 3.19. The molecule has 20 heavy (non-hydrogen) atoms. The molecule has 0 spiro atoms. The van der Waals surface area contributed by atoms with Crippen molar-refractivity contribution in [2.24, 2.45) is 16.8 Å². The number of hydrogen-bond acceptors (Lipinski definition) is 5. The molecule has 2 N–H and O–H groups in total. The number of ether oxygens (including phenoxy) is 2. The van der Waals surface area contributed by atoms with Crippen LogP contribution in [0.1, 0.15) is 33.1 Å². The third kappa shape index (κ3) is 2.17. The van der Waals surface area contributed by atoms with E-state index in [4.69, 9.17) is 9.47 Å². The largest absolute Gasteiger partial charge is 0.448 e. The maximum absolute atomic E-state index is 11.8. The van der Waals surface area contributed by atoms with E-state index in [0.717, 1.165) is 12.8 Å². The van der Waals surface area contributed by atoms with Gasteiger partial charge in [-0.3, -0.25) is 4.79 Å². The first-order valence-electron chi connectivity index (χ1n) is 6.95. The predicted octanol–water partition coefficient (Wildman–Crippen LogP) is 0.730. The monoisotopic (exact) mass is 281 g/mol. The number of hydrogen-bond donors (Lipinski definition) is 2. The molecule has 2 aliphatic heterocycles. The first-order valence-corrected chi connectivity index (χ1v) is 6.95. The van der Waals surface area contributed by atoms with Crippen molar-refractivity contribution in [2.75, 3.05) is 0 Å². The van der Waals surface area contributed by atoms with E-state index in [9.17, 15) is 15.0 Å². The third-order valence-corrected chi connectivity index (χ3v) is 4.20. The lowest BCUT2D eigenvalue weighted by molar-refractivity contribution is -0.247. The number of carbonyl (C=O) groups is 1. The zero-order chi connectivity index (χ0) is 14.5. The molecule has 0 aromatic heterocycles. The molecule has 0 aromatic carbocycles. The Hall–Kier alpha value is -1.24. The molecule has 3 rings (SSSR count). The fraction of sp³-hybridized carbons (Fsp3) is 0.714. The van der Waals surface area contributed by atoms with E-state index in [0.29, 0.717) is 17.9 Å². The normalized spacial score (nSPS) is 38.5. The van der Waals surface area contributed by atoms with Gasteiger partial charge in [0.25, 0.3) is 5.91 Å². The summed E-state index contributed by atoms with van der Waals surface area (Å²) in [7, 11) is 0. The molecule has 1 saturated carbocycles. The van der Waals surface area contributed by atoms with Crippen LogP contribution in [0.4, 0.5) is 0 Å². The van der Waals surface area contributed by atoms with Crippen LogP contribution in [0.5, 0.6) is 0 Å². The maximum Gasteiger partial charge on any atom is 0.275 e. The van der Waals surface area contributed by atoms with Gasteiger partial charge in [0.05, 0.1) is 0 Å². The zero-order valence-corrected chi connectivity index (χ0v) is 11.6. The lowest BCUT2D eigenvalue weighted by Crippen LogP contribution is -2.33. The van der Waals surface area contributed by atoms with Crippen LogP contribution in [0.25, 0.3) is 0 Å². The number of rotatable bonds is 3. The molecule has 3 aliphatic rings. The quantitative estimate of drug-likeness (QED) is 0.745.